The van der Waals surface area contributed by atoms with E-state index in [1.54, 1.807) is 0 Å². The van der Waals surface area contributed by atoms with Crippen molar-refractivity contribution in [3.05, 3.63) is 10.7 Å². The number of nitrogens with one attached hydrogen (secondary N) is 1. The molecule has 1 fully saturated rings. The molecule has 5 nitrogen and oxygen atoms in total. The summed E-state index contributed by atoms with van der Waals surface area (Å²) in [6, 6.07) is -0.0177. The van der Waals surface area contributed by atoms with Crippen LogP contribution in [0.15, 0.2) is 10.4 Å². The van der Waals surface area contributed by atoms with E-state index in [1.165, 1.54) is 6.20 Å². The fourth-order valence-electron chi connectivity index (χ4n) is 1.67. The van der Waals surface area contributed by atoms with Crippen LogP contribution in [0.4, 0.5) is 0 Å². The maximum atomic E-state index is 11.9. The number of hydrogen-bond acceptors (Lipinski definition) is 5. The number of sulfonamides is 1. The van der Waals surface area contributed by atoms with Crippen molar-refractivity contribution >= 4 is 33.0 Å². The third kappa shape index (κ3) is 2.72. The lowest BCUT2D eigenvalue weighted by Gasteiger charge is -2.11. The monoisotopic (exact) mass is 281 g/mol. The Morgan fingerprint density at radius 2 is 2.44 bits per heavy atom. The molecule has 2 heterocycles. The smallest absolute Gasteiger partial charge is 0.252 e. The maximum absolute atomic E-state index is 11.9. The minimum Gasteiger partial charge on any atom is -0.305 e. The third-order valence-corrected chi connectivity index (χ3v) is 5.53. The number of hydrogen-bond donors (Lipinski definition) is 1. The van der Waals surface area contributed by atoms with Gasteiger partial charge in [0.05, 0.1) is 6.20 Å². The van der Waals surface area contributed by atoms with E-state index in [9.17, 15) is 8.42 Å². The molecule has 1 aromatic heterocycles. The molecular weight excluding hydrogens is 270 g/mol. The summed E-state index contributed by atoms with van der Waals surface area (Å²) >= 11 is 6.58. The van der Waals surface area contributed by atoms with Crippen LogP contribution >= 0.6 is 22.9 Å². The fraction of sp³-hybridized carbons (Fsp3) is 0.625. The zero-order valence-corrected chi connectivity index (χ0v) is 11.1. The van der Waals surface area contributed by atoms with Crippen molar-refractivity contribution in [1.82, 2.24) is 14.6 Å². The van der Waals surface area contributed by atoms with E-state index in [2.05, 4.69) is 14.6 Å². The Morgan fingerprint density at radius 3 is 2.94 bits per heavy atom. The first-order chi connectivity index (χ1) is 7.47. The Hall–Kier alpha value is -0.210. The van der Waals surface area contributed by atoms with E-state index in [-0.39, 0.29) is 14.7 Å². The Kier molecular flexibility index (Phi) is 3.50. The quantitative estimate of drug-likeness (QED) is 0.889. The van der Waals surface area contributed by atoms with Gasteiger partial charge in [-0.25, -0.2) is 18.1 Å². The van der Waals surface area contributed by atoms with Crippen molar-refractivity contribution < 1.29 is 8.42 Å². The number of rotatable bonds is 3. The van der Waals surface area contributed by atoms with Gasteiger partial charge in [0, 0.05) is 12.6 Å². The van der Waals surface area contributed by atoms with Crippen molar-refractivity contribution in [2.24, 2.45) is 0 Å². The van der Waals surface area contributed by atoms with Crippen LogP contribution in [0.25, 0.3) is 0 Å². The highest BCUT2D eigenvalue weighted by Gasteiger charge is 2.26. The largest absolute Gasteiger partial charge is 0.305 e. The van der Waals surface area contributed by atoms with Crippen molar-refractivity contribution in [3.63, 3.8) is 0 Å². The summed E-state index contributed by atoms with van der Waals surface area (Å²) in [4.78, 5) is 5.82. The van der Waals surface area contributed by atoms with E-state index in [1.807, 2.05) is 7.05 Å². The summed E-state index contributed by atoms with van der Waals surface area (Å²) in [5.41, 5.74) is 0. The van der Waals surface area contributed by atoms with Gasteiger partial charge in [0.15, 0.2) is 8.68 Å². The molecular formula is C8H12ClN3O2S2. The van der Waals surface area contributed by atoms with Crippen LogP contribution in [0.3, 0.4) is 0 Å². The lowest BCUT2D eigenvalue weighted by atomic mass is 10.3. The number of nitrogens with zero attached hydrogens (tertiary/aromatic N) is 2. The van der Waals surface area contributed by atoms with Crippen LogP contribution in [-0.4, -0.2) is 44.5 Å². The van der Waals surface area contributed by atoms with Crippen LogP contribution in [0, 0.1) is 0 Å². The van der Waals surface area contributed by atoms with E-state index in [4.69, 9.17) is 11.6 Å². The van der Waals surface area contributed by atoms with E-state index < -0.39 is 10.0 Å². The molecule has 1 atom stereocenters. The Bertz CT molecular complexity index is 473. The lowest BCUT2D eigenvalue weighted by Crippen LogP contribution is -2.36. The van der Waals surface area contributed by atoms with Gasteiger partial charge in [-0.1, -0.05) is 22.9 Å². The van der Waals surface area contributed by atoms with Gasteiger partial charge in [-0.05, 0) is 20.0 Å². The molecule has 1 aliphatic heterocycles. The minimum atomic E-state index is -3.45. The standard InChI is InChI=1S/C8H12ClN3O2S2/c1-12-3-2-6(5-12)11-16(13,14)7-4-10-8(9)15-7/h4,6,11H,2-3,5H2,1H3. The highest BCUT2D eigenvalue weighted by atomic mass is 35.5. The first-order valence-electron chi connectivity index (χ1n) is 4.79. The first-order valence-corrected chi connectivity index (χ1v) is 7.47. The number of aromatic nitrogens is 1. The van der Waals surface area contributed by atoms with Gasteiger partial charge < -0.3 is 4.90 Å². The third-order valence-electron chi connectivity index (χ3n) is 2.43. The topological polar surface area (TPSA) is 62.3 Å². The summed E-state index contributed by atoms with van der Waals surface area (Å²) in [6.07, 6.45) is 2.12. The van der Waals surface area contributed by atoms with Gasteiger partial charge in [0.2, 0.25) is 0 Å². The molecule has 0 aromatic carbocycles. The summed E-state index contributed by atoms with van der Waals surface area (Å²) in [6.45, 7) is 1.66. The molecule has 1 aromatic rings. The predicted molar refractivity (Wildman–Crippen MR) is 63.3 cm³/mol. The summed E-state index contributed by atoms with van der Waals surface area (Å²) in [5.74, 6) is 0. The first kappa shape index (κ1) is 12.3. The van der Waals surface area contributed by atoms with Crippen LogP contribution < -0.4 is 4.72 Å². The van der Waals surface area contributed by atoms with Gasteiger partial charge in [-0.15, -0.1) is 0 Å². The Balaban J connectivity index is 2.09. The molecule has 0 bridgehead atoms. The second-order valence-electron chi connectivity index (χ2n) is 3.80. The molecule has 0 spiro atoms. The Labute approximate surface area is 103 Å². The zero-order valence-electron chi connectivity index (χ0n) is 8.68. The van der Waals surface area contributed by atoms with Crippen LogP contribution in [0.5, 0.6) is 0 Å². The molecule has 1 saturated heterocycles. The molecule has 1 N–H and O–H groups in total. The highest BCUT2D eigenvalue weighted by molar-refractivity contribution is 7.91. The van der Waals surface area contributed by atoms with Crippen molar-refractivity contribution in [1.29, 1.82) is 0 Å². The van der Waals surface area contributed by atoms with E-state index in [0.29, 0.717) is 0 Å². The molecule has 0 saturated carbocycles. The average molecular weight is 282 g/mol. The van der Waals surface area contributed by atoms with Crippen LogP contribution in [-0.2, 0) is 10.0 Å². The van der Waals surface area contributed by atoms with Crippen LogP contribution in [0.2, 0.25) is 4.47 Å². The molecule has 16 heavy (non-hydrogen) atoms. The molecule has 1 unspecified atom stereocenters. The fourth-order valence-corrected chi connectivity index (χ4v) is 4.24. The number of thiazole rings is 1. The van der Waals surface area contributed by atoms with Gasteiger partial charge in [0.1, 0.15) is 0 Å². The number of likely N-dealkylation sites (tertiary alicyclic amines) is 1. The average Bonchev–Trinajstić information content (AvgIpc) is 2.75. The van der Waals surface area contributed by atoms with Crippen molar-refractivity contribution in [3.8, 4) is 0 Å². The molecule has 0 radical (unpaired) electrons. The minimum absolute atomic E-state index is 0.0177. The molecule has 1 aliphatic rings. The van der Waals surface area contributed by atoms with Crippen molar-refractivity contribution in [2.75, 3.05) is 20.1 Å². The molecule has 0 amide bonds. The van der Waals surface area contributed by atoms with Gasteiger partial charge >= 0.3 is 0 Å². The Morgan fingerprint density at radius 1 is 1.69 bits per heavy atom. The van der Waals surface area contributed by atoms with Gasteiger partial charge in [-0.2, -0.15) is 0 Å². The van der Waals surface area contributed by atoms with E-state index >= 15 is 0 Å². The maximum Gasteiger partial charge on any atom is 0.252 e. The normalized spacial score (nSPS) is 22.8. The number of halogens is 1. The molecule has 8 heteroatoms. The zero-order chi connectivity index (χ0) is 11.8. The lowest BCUT2D eigenvalue weighted by molar-refractivity contribution is 0.407. The van der Waals surface area contributed by atoms with Gasteiger partial charge in [0.25, 0.3) is 10.0 Å². The van der Waals surface area contributed by atoms with Gasteiger partial charge in [-0.3, -0.25) is 0 Å². The predicted octanol–water partition coefficient (Wildman–Crippen LogP) is 0.779. The van der Waals surface area contributed by atoms with Crippen molar-refractivity contribution in [2.45, 2.75) is 16.7 Å². The molecule has 2 rings (SSSR count). The number of likely N-dealkylation sites (N-methyl/N-ethyl adjacent to an activating group) is 1. The SMILES string of the molecule is CN1CCC(NS(=O)(=O)c2cnc(Cl)s2)C1. The molecule has 0 aliphatic carbocycles. The van der Waals surface area contributed by atoms with Crippen LogP contribution in [0.1, 0.15) is 6.42 Å². The summed E-state index contributed by atoms with van der Waals surface area (Å²) in [7, 11) is -1.48. The van der Waals surface area contributed by atoms with E-state index in [0.717, 1.165) is 30.8 Å². The summed E-state index contributed by atoms with van der Waals surface area (Å²) < 4.78 is 26.9. The highest BCUT2D eigenvalue weighted by Crippen LogP contribution is 2.23. The second-order valence-corrected chi connectivity index (χ2v) is 7.35. The second kappa shape index (κ2) is 4.58. The summed E-state index contributed by atoms with van der Waals surface area (Å²) in [5, 5.41) is 0. The molecule has 90 valence electrons.